The molecule has 0 bridgehead atoms. The Bertz CT molecular complexity index is 208. The standard InChI is InChI=1S/C12H26O2Si/c1-8-13-12(14-9-2)10(3)11(4)15(5,6)7/h11H,8-9H2,1-7H3. The molecule has 1 unspecified atom stereocenters. The minimum atomic E-state index is -1.16. The second-order valence-electron chi connectivity index (χ2n) is 4.92. The van der Waals surface area contributed by atoms with Crippen molar-refractivity contribution >= 4 is 8.07 Å². The molecule has 3 heteroatoms. The van der Waals surface area contributed by atoms with Gasteiger partial charge in [-0.15, -0.1) is 0 Å². The van der Waals surface area contributed by atoms with Crippen LogP contribution >= 0.6 is 0 Å². The van der Waals surface area contributed by atoms with Crippen LogP contribution in [0.1, 0.15) is 27.7 Å². The Balaban J connectivity index is 4.82. The summed E-state index contributed by atoms with van der Waals surface area (Å²) in [6.07, 6.45) is 0. The minimum absolute atomic E-state index is 0.589. The van der Waals surface area contributed by atoms with Crippen LogP contribution in [0, 0.1) is 0 Å². The molecule has 0 amide bonds. The number of rotatable bonds is 6. The zero-order valence-electron chi connectivity index (χ0n) is 11.3. The van der Waals surface area contributed by atoms with E-state index in [1.54, 1.807) is 0 Å². The molecule has 0 aliphatic rings. The van der Waals surface area contributed by atoms with Crippen LogP contribution in [0.5, 0.6) is 0 Å². The molecule has 0 aromatic rings. The highest BCUT2D eigenvalue weighted by Crippen LogP contribution is 2.31. The van der Waals surface area contributed by atoms with Crippen LogP contribution in [0.4, 0.5) is 0 Å². The van der Waals surface area contributed by atoms with Crippen LogP contribution in [0.15, 0.2) is 11.5 Å². The molecule has 2 nitrogen and oxygen atoms in total. The van der Waals surface area contributed by atoms with Crippen LogP contribution in [0.25, 0.3) is 0 Å². The molecular formula is C12H26O2Si. The highest BCUT2D eigenvalue weighted by atomic mass is 28.3. The van der Waals surface area contributed by atoms with Crippen molar-refractivity contribution in [1.82, 2.24) is 0 Å². The second kappa shape index (κ2) is 6.21. The highest BCUT2D eigenvalue weighted by Gasteiger charge is 2.26. The van der Waals surface area contributed by atoms with Crippen LogP contribution in [0.3, 0.4) is 0 Å². The summed E-state index contributed by atoms with van der Waals surface area (Å²) in [6, 6.07) is 0. The van der Waals surface area contributed by atoms with Gasteiger partial charge in [-0.2, -0.15) is 0 Å². The van der Waals surface area contributed by atoms with Gasteiger partial charge in [-0.25, -0.2) is 0 Å². The van der Waals surface area contributed by atoms with Gasteiger partial charge in [0.1, 0.15) is 0 Å². The molecule has 0 aromatic heterocycles. The fraction of sp³-hybridized carbons (Fsp3) is 0.833. The minimum Gasteiger partial charge on any atom is -0.466 e. The maximum atomic E-state index is 5.54. The quantitative estimate of drug-likeness (QED) is 0.507. The molecule has 0 aromatic carbocycles. The van der Waals surface area contributed by atoms with E-state index in [2.05, 4.69) is 33.5 Å². The van der Waals surface area contributed by atoms with Gasteiger partial charge in [-0.3, -0.25) is 0 Å². The topological polar surface area (TPSA) is 18.5 Å². The van der Waals surface area contributed by atoms with Gasteiger partial charge in [0.05, 0.1) is 21.3 Å². The van der Waals surface area contributed by atoms with Crippen LogP contribution in [-0.4, -0.2) is 21.3 Å². The Kier molecular flexibility index (Phi) is 6.02. The van der Waals surface area contributed by atoms with Gasteiger partial charge >= 0.3 is 0 Å². The summed E-state index contributed by atoms with van der Waals surface area (Å²) in [7, 11) is -1.16. The number of hydrogen-bond donors (Lipinski definition) is 0. The third-order valence-electron chi connectivity index (χ3n) is 2.82. The Morgan fingerprint density at radius 1 is 1.07 bits per heavy atom. The number of allylic oxidation sites excluding steroid dienone is 1. The van der Waals surface area contributed by atoms with Gasteiger partial charge in [-0.05, 0) is 26.3 Å². The largest absolute Gasteiger partial charge is 0.466 e. The van der Waals surface area contributed by atoms with Gasteiger partial charge in [0.2, 0.25) is 0 Å². The summed E-state index contributed by atoms with van der Waals surface area (Å²) < 4.78 is 11.1. The lowest BCUT2D eigenvalue weighted by Gasteiger charge is -2.27. The first kappa shape index (κ1) is 14.6. The predicted molar refractivity (Wildman–Crippen MR) is 68.7 cm³/mol. The van der Waals surface area contributed by atoms with E-state index in [0.717, 1.165) is 5.95 Å². The zero-order chi connectivity index (χ0) is 12.1. The van der Waals surface area contributed by atoms with E-state index in [1.807, 2.05) is 13.8 Å². The van der Waals surface area contributed by atoms with Gasteiger partial charge in [0, 0.05) is 5.57 Å². The predicted octanol–water partition coefficient (Wildman–Crippen LogP) is 4.02. The van der Waals surface area contributed by atoms with E-state index in [4.69, 9.17) is 9.47 Å². The molecule has 0 aliphatic carbocycles. The molecule has 0 rings (SSSR count). The molecule has 1 atom stereocenters. The van der Waals surface area contributed by atoms with E-state index in [1.165, 1.54) is 5.57 Å². The first-order valence-electron chi connectivity index (χ1n) is 5.80. The highest BCUT2D eigenvalue weighted by molar-refractivity contribution is 6.78. The van der Waals surface area contributed by atoms with Crippen molar-refractivity contribution in [1.29, 1.82) is 0 Å². The molecular weight excluding hydrogens is 204 g/mol. The molecule has 0 fully saturated rings. The molecule has 0 heterocycles. The maximum Gasteiger partial charge on any atom is 0.277 e. The first-order chi connectivity index (χ1) is 6.84. The van der Waals surface area contributed by atoms with E-state index >= 15 is 0 Å². The van der Waals surface area contributed by atoms with Gasteiger partial charge in [0.15, 0.2) is 0 Å². The summed E-state index contributed by atoms with van der Waals surface area (Å²) in [6.45, 7) is 16.8. The molecule has 0 aliphatic heterocycles. The monoisotopic (exact) mass is 230 g/mol. The van der Waals surface area contributed by atoms with Crippen molar-refractivity contribution in [3.8, 4) is 0 Å². The molecule has 0 radical (unpaired) electrons. The van der Waals surface area contributed by atoms with Crippen LogP contribution < -0.4 is 0 Å². The first-order valence-corrected chi connectivity index (χ1v) is 9.38. The van der Waals surface area contributed by atoms with Crippen molar-refractivity contribution in [3.63, 3.8) is 0 Å². The second-order valence-corrected chi connectivity index (χ2v) is 10.5. The van der Waals surface area contributed by atoms with E-state index in [0.29, 0.717) is 18.8 Å². The molecule has 0 saturated heterocycles. The van der Waals surface area contributed by atoms with Crippen LogP contribution in [0.2, 0.25) is 25.2 Å². The molecule has 0 N–H and O–H groups in total. The SMILES string of the molecule is CCOC(OCC)=C(C)C(C)[Si](C)(C)C. The fourth-order valence-corrected chi connectivity index (χ4v) is 2.77. The molecule has 0 saturated carbocycles. The normalized spacial score (nSPS) is 13.3. The van der Waals surface area contributed by atoms with Crippen molar-refractivity contribution in [2.24, 2.45) is 0 Å². The van der Waals surface area contributed by atoms with Crippen molar-refractivity contribution in [2.75, 3.05) is 13.2 Å². The average Bonchev–Trinajstić information content (AvgIpc) is 2.14. The third-order valence-corrected chi connectivity index (χ3v) is 5.85. The zero-order valence-corrected chi connectivity index (χ0v) is 12.3. The Morgan fingerprint density at radius 3 is 1.73 bits per heavy atom. The summed E-state index contributed by atoms with van der Waals surface area (Å²) >= 11 is 0. The van der Waals surface area contributed by atoms with Crippen molar-refractivity contribution in [3.05, 3.63) is 11.5 Å². The van der Waals surface area contributed by atoms with Crippen molar-refractivity contribution < 1.29 is 9.47 Å². The average molecular weight is 230 g/mol. The maximum absolute atomic E-state index is 5.54. The van der Waals surface area contributed by atoms with Gasteiger partial charge < -0.3 is 9.47 Å². The lowest BCUT2D eigenvalue weighted by Crippen LogP contribution is -2.27. The summed E-state index contributed by atoms with van der Waals surface area (Å²) in [5, 5.41) is 0. The van der Waals surface area contributed by atoms with E-state index < -0.39 is 8.07 Å². The third kappa shape index (κ3) is 4.73. The Labute approximate surface area is 95.7 Å². The molecule has 0 spiro atoms. The lowest BCUT2D eigenvalue weighted by molar-refractivity contribution is 0.0420. The van der Waals surface area contributed by atoms with E-state index in [9.17, 15) is 0 Å². The van der Waals surface area contributed by atoms with Crippen molar-refractivity contribution in [2.45, 2.75) is 52.9 Å². The summed E-state index contributed by atoms with van der Waals surface area (Å²) in [4.78, 5) is 0. The van der Waals surface area contributed by atoms with E-state index in [-0.39, 0.29) is 0 Å². The summed E-state index contributed by atoms with van der Waals surface area (Å²) in [5.74, 6) is 0.745. The fourth-order valence-electron chi connectivity index (χ4n) is 1.36. The summed E-state index contributed by atoms with van der Waals surface area (Å²) in [5.41, 5.74) is 1.85. The Hall–Kier alpha value is -0.443. The number of ether oxygens (including phenoxy) is 2. The number of hydrogen-bond acceptors (Lipinski definition) is 2. The lowest BCUT2D eigenvalue weighted by atomic mass is 10.2. The van der Waals surface area contributed by atoms with Gasteiger partial charge in [-0.1, -0.05) is 26.6 Å². The van der Waals surface area contributed by atoms with Gasteiger partial charge in [0.25, 0.3) is 5.95 Å². The molecule has 90 valence electrons. The van der Waals surface area contributed by atoms with Crippen LogP contribution in [-0.2, 0) is 9.47 Å². The Morgan fingerprint density at radius 2 is 1.47 bits per heavy atom. The smallest absolute Gasteiger partial charge is 0.277 e. The molecule has 15 heavy (non-hydrogen) atoms.